The largest absolute Gasteiger partial charge is 0.462 e. The molecule has 0 unspecified atom stereocenters. The molecule has 3 aromatic rings. The molecule has 0 N–H and O–H groups in total. The molecule has 4 heterocycles. The molecule has 47 heavy (non-hydrogen) atoms. The minimum atomic E-state index is -0.296. The van der Waals surface area contributed by atoms with Crippen molar-refractivity contribution in [1.82, 2.24) is 24.7 Å². The number of carbonyl (C=O) groups excluding carboxylic acids is 2. The highest BCUT2D eigenvalue weighted by Gasteiger charge is 2.34. The Morgan fingerprint density at radius 2 is 1.94 bits per heavy atom. The Labute approximate surface area is 277 Å². The zero-order chi connectivity index (χ0) is 32.9. The Hall–Kier alpha value is -4.69. The molecule has 2 fully saturated rings. The van der Waals surface area contributed by atoms with E-state index in [1.807, 2.05) is 0 Å². The summed E-state index contributed by atoms with van der Waals surface area (Å²) in [6.45, 7) is 7.10. The van der Waals surface area contributed by atoms with Gasteiger partial charge in [-0.1, -0.05) is 36.4 Å². The number of piperazine rings is 1. The van der Waals surface area contributed by atoms with E-state index in [0.29, 0.717) is 51.4 Å². The van der Waals surface area contributed by atoms with Crippen molar-refractivity contribution < 1.29 is 14.3 Å². The van der Waals surface area contributed by atoms with E-state index in [1.54, 1.807) is 18.0 Å². The number of anilines is 2. The summed E-state index contributed by atoms with van der Waals surface area (Å²) in [6.07, 6.45) is 7.14. The van der Waals surface area contributed by atoms with E-state index < -0.39 is 0 Å². The third kappa shape index (κ3) is 7.03. The molecule has 3 aliphatic rings. The third-order valence-corrected chi connectivity index (χ3v) is 9.76. The number of nitriles is 1. The Balaban J connectivity index is 1.29. The number of aryl methyl sites for hydroxylation is 1. The maximum absolute atomic E-state index is 13.2. The van der Waals surface area contributed by atoms with E-state index in [2.05, 4.69) is 71.1 Å². The Bertz CT molecular complexity index is 1680. The lowest BCUT2D eigenvalue weighted by molar-refractivity contribution is -0.128. The molecule has 0 radical (unpaired) electrons. The number of carbonyl (C=O) groups is 2. The van der Waals surface area contributed by atoms with Crippen molar-refractivity contribution >= 4 is 34.6 Å². The van der Waals surface area contributed by atoms with Crippen LogP contribution in [-0.2, 0) is 22.6 Å². The monoisotopic (exact) mass is 636 g/mol. The van der Waals surface area contributed by atoms with Gasteiger partial charge < -0.3 is 29.2 Å². The van der Waals surface area contributed by atoms with Gasteiger partial charge in [0.1, 0.15) is 12.4 Å². The van der Waals surface area contributed by atoms with Gasteiger partial charge in [-0.2, -0.15) is 15.2 Å². The summed E-state index contributed by atoms with van der Waals surface area (Å²) in [6, 6.07) is 15.6. The van der Waals surface area contributed by atoms with Gasteiger partial charge in [-0.05, 0) is 56.8 Å². The average Bonchev–Trinajstić information content (AvgIpc) is 3.50. The summed E-state index contributed by atoms with van der Waals surface area (Å²) in [5.74, 6) is 0.691. The number of benzene rings is 2. The van der Waals surface area contributed by atoms with Crippen LogP contribution in [0, 0.1) is 18.3 Å². The molecule has 2 aromatic carbocycles. The first-order valence-corrected chi connectivity index (χ1v) is 16.6. The summed E-state index contributed by atoms with van der Waals surface area (Å²) in [4.78, 5) is 44.3. The summed E-state index contributed by atoms with van der Waals surface area (Å²) in [5.41, 5.74) is 4.52. The molecule has 6 rings (SSSR count). The van der Waals surface area contributed by atoms with Crippen LogP contribution in [0.2, 0.25) is 0 Å². The van der Waals surface area contributed by atoms with Gasteiger partial charge in [0.2, 0.25) is 12.3 Å². The molecule has 246 valence electrons. The molecular formula is C36H44N8O3. The normalized spacial score (nSPS) is 20.0. The molecule has 0 bridgehead atoms. The van der Waals surface area contributed by atoms with Crippen LogP contribution in [0.1, 0.15) is 36.1 Å². The van der Waals surface area contributed by atoms with Gasteiger partial charge in [0.25, 0.3) is 0 Å². The van der Waals surface area contributed by atoms with E-state index in [1.165, 1.54) is 33.0 Å². The van der Waals surface area contributed by atoms with Crippen molar-refractivity contribution in [2.75, 3.05) is 69.8 Å². The lowest BCUT2D eigenvalue weighted by Gasteiger charge is -2.42. The lowest BCUT2D eigenvalue weighted by atomic mass is 9.99. The molecule has 2 atom stereocenters. The summed E-state index contributed by atoms with van der Waals surface area (Å²) < 4.78 is 6.33. The Morgan fingerprint density at radius 3 is 2.70 bits per heavy atom. The second-order valence-electron chi connectivity index (χ2n) is 12.9. The zero-order valence-electron chi connectivity index (χ0n) is 27.6. The predicted molar refractivity (Wildman–Crippen MR) is 182 cm³/mol. The smallest absolute Gasteiger partial charge is 0.318 e. The molecule has 2 saturated heterocycles. The first-order chi connectivity index (χ1) is 22.9. The number of ether oxygens (including phenoxy) is 1. The number of likely N-dealkylation sites (tertiary alicyclic amines) is 1. The van der Waals surface area contributed by atoms with Gasteiger partial charge >= 0.3 is 6.01 Å². The van der Waals surface area contributed by atoms with E-state index in [-0.39, 0.29) is 18.4 Å². The Kier molecular flexibility index (Phi) is 9.87. The van der Waals surface area contributed by atoms with Crippen molar-refractivity contribution in [2.24, 2.45) is 0 Å². The average molecular weight is 637 g/mol. The number of amides is 2. The maximum Gasteiger partial charge on any atom is 0.318 e. The molecule has 0 spiro atoms. The SMILES string of the molecule is Cc1cccc2cccc(N3CCc4c(nc(OC[C@@H]5CCCN5C)nc4N4CCN(C(=O)/C=C/CN(C)C=O)[C@@H](CC#N)C4)C3)c12. The van der Waals surface area contributed by atoms with Gasteiger partial charge in [-0.3, -0.25) is 9.59 Å². The van der Waals surface area contributed by atoms with Gasteiger partial charge in [0.15, 0.2) is 0 Å². The van der Waals surface area contributed by atoms with Crippen molar-refractivity contribution in [3.05, 3.63) is 65.4 Å². The van der Waals surface area contributed by atoms with Crippen LogP contribution in [-0.4, -0.2) is 109 Å². The van der Waals surface area contributed by atoms with Gasteiger partial charge in [0.05, 0.1) is 30.8 Å². The van der Waals surface area contributed by atoms with Crippen molar-refractivity contribution in [3.8, 4) is 12.1 Å². The fourth-order valence-electron chi connectivity index (χ4n) is 7.13. The van der Waals surface area contributed by atoms with Crippen LogP contribution >= 0.6 is 0 Å². The molecule has 0 saturated carbocycles. The van der Waals surface area contributed by atoms with Crippen molar-refractivity contribution in [3.63, 3.8) is 0 Å². The first-order valence-electron chi connectivity index (χ1n) is 16.6. The van der Waals surface area contributed by atoms with E-state index in [4.69, 9.17) is 14.7 Å². The van der Waals surface area contributed by atoms with Crippen LogP contribution in [0.15, 0.2) is 48.6 Å². The molecule has 1 aromatic heterocycles. The van der Waals surface area contributed by atoms with Crippen LogP contribution in [0.4, 0.5) is 11.5 Å². The van der Waals surface area contributed by atoms with E-state index >= 15 is 0 Å². The van der Waals surface area contributed by atoms with E-state index in [9.17, 15) is 14.9 Å². The number of hydrogen-bond donors (Lipinski definition) is 0. The zero-order valence-corrected chi connectivity index (χ0v) is 27.6. The van der Waals surface area contributed by atoms with Gasteiger partial charge in [-0.25, -0.2) is 0 Å². The van der Waals surface area contributed by atoms with Gasteiger partial charge in [-0.15, -0.1) is 0 Å². The fourth-order valence-corrected chi connectivity index (χ4v) is 7.13. The third-order valence-electron chi connectivity index (χ3n) is 9.76. The number of fused-ring (bicyclic) bond motifs is 2. The number of nitrogens with zero attached hydrogens (tertiary/aromatic N) is 8. The summed E-state index contributed by atoms with van der Waals surface area (Å²) in [7, 11) is 3.80. The van der Waals surface area contributed by atoms with E-state index in [0.717, 1.165) is 55.8 Å². The predicted octanol–water partition coefficient (Wildman–Crippen LogP) is 3.55. The number of likely N-dealkylation sites (N-methyl/N-ethyl adjacent to an activating group) is 2. The molecule has 11 nitrogen and oxygen atoms in total. The molecule has 0 aliphatic carbocycles. The van der Waals surface area contributed by atoms with Gasteiger partial charge in [0, 0.05) is 68.5 Å². The molecule has 11 heteroatoms. The highest BCUT2D eigenvalue weighted by atomic mass is 16.5. The molecule has 2 amide bonds. The second-order valence-corrected chi connectivity index (χ2v) is 12.9. The number of aromatic nitrogens is 2. The topological polar surface area (TPSA) is 109 Å². The quantitative estimate of drug-likeness (QED) is 0.244. The molecule has 3 aliphatic heterocycles. The highest BCUT2D eigenvalue weighted by Crippen LogP contribution is 2.36. The van der Waals surface area contributed by atoms with Crippen LogP contribution in [0.5, 0.6) is 6.01 Å². The Morgan fingerprint density at radius 1 is 1.11 bits per heavy atom. The number of rotatable bonds is 10. The van der Waals surface area contributed by atoms with Crippen LogP contribution in [0.25, 0.3) is 10.8 Å². The van der Waals surface area contributed by atoms with Crippen LogP contribution < -0.4 is 14.5 Å². The highest BCUT2D eigenvalue weighted by molar-refractivity contribution is 5.97. The first kappa shape index (κ1) is 32.3. The minimum absolute atomic E-state index is 0.153. The summed E-state index contributed by atoms with van der Waals surface area (Å²) >= 11 is 0. The second kappa shape index (κ2) is 14.4. The standard InChI is InChI=1S/C36H44N8O3/c1-26-8-4-9-27-10-5-12-32(34(26)27)42-19-15-30-31(23-42)38-36(47-24-29-11-6-18-41(29)3)39-35(30)43-20-21-44(28(22-43)14-16-37)33(46)13-7-17-40(2)25-45/h4-5,7-10,12-13,25,28-29H,6,11,14-15,17-24H2,1-3H3/b13-7+/t28-,29-/m0/s1. The minimum Gasteiger partial charge on any atom is -0.462 e. The number of hydrogen-bond acceptors (Lipinski definition) is 9. The summed E-state index contributed by atoms with van der Waals surface area (Å²) in [5, 5.41) is 12.2. The maximum atomic E-state index is 13.2. The lowest BCUT2D eigenvalue weighted by Crippen LogP contribution is -2.55. The van der Waals surface area contributed by atoms with Crippen molar-refractivity contribution in [1.29, 1.82) is 5.26 Å². The molecular weight excluding hydrogens is 592 g/mol. The van der Waals surface area contributed by atoms with Crippen LogP contribution in [0.3, 0.4) is 0 Å². The fraction of sp³-hybridized carbons (Fsp3) is 0.472. The van der Waals surface area contributed by atoms with Crippen molar-refractivity contribution in [2.45, 2.75) is 51.2 Å².